The van der Waals surface area contributed by atoms with Gasteiger partial charge in [-0.05, 0) is 13.3 Å². The van der Waals surface area contributed by atoms with E-state index in [2.05, 4.69) is 15.3 Å². The van der Waals surface area contributed by atoms with Crippen LogP contribution in [0.5, 0.6) is 0 Å². The van der Waals surface area contributed by atoms with Crippen molar-refractivity contribution in [1.29, 1.82) is 0 Å². The molecule has 0 bridgehead atoms. The largest absolute Gasteiger partial charge is 0.476 e. The molecule has 0 radical (unpaired) electrons. The van der Waals surface area contributed by atoms with Crippen molar-refractivity contribution < 1.29 is 9.90 Å². The topological polar surface area (TPSA) is 75.1 Å². The van der Waals surface area contributed by atoms with E-state index in [4.69, 9.17) is 5.11 Å². The predicted molar refractivity (Wildman–Crippen MR) is 52.4 cm³/mol. The molecule has 1 rings (SSSR count). The molecule has 0 fully saturated rings. The van der Waals surface area contributed by atoms with Crippen molar-refractivity contribution in [2.45, 2.75) is 26.3 Å². The summed E-state index contributed by atoms with van der Waals surface area (Å²) in [6, 6.07) is 0.258. The van der Waals surface area contributed by atoms with E-state index in [-0.39, 0.29) is 11.7 Å². The summed E-state index contributed by atoms with van der Waals surface area (Å²) in [6.45, 7) is 4.03. The summed E-state index contributed by atoms with van der Waals surface area (Å²) in [5.41, 5.74) is -0.0432. The highest BCUT2D eigenvalue weighted by molar-refractivity contribution is 5.85. The number of hydrogen-bond acceptors (Lipinski definition) is 4. The van der Waals surface area contributed by atoms with Crippen LogP contribution in [0.4, 0.5) is 5.82 Å². The molecule has 0 saturated heterocycles. The lowest BCUT2D eigenvalue weighted by molar-refractivity contribution is 0.0690. The normalized spacial score (nSPS) is 12.1. The molecule has 1 atom stereocenters. The van der Waals surface area contributed by atoms with Crippen LogP contribution in [0.2, 0.25) is 0 Å². The first-order chi connectivity index (χ1) is 6.63. The fraction of sp³-hybridized carbons (Fsp3) is 0.444. The van der Waals surface area contributed by atoms with Gasteiger partial charge in [0.15, 0.2) is 5.69 Å². The van der Waals surface area contributed by atoms with Gasteiger partial charge in [0.1, 0.15) is 5.82 Å². The minimum absolute atomic E-state index is 0.0432. The monoisotopic (exact) mass is 195 g/mol. The summed E-state index contributed by atoms with van der Waals surface area (Å²) in [5, 5.41) is 11.7. The van der Waals surface area contributed by atoms with Gasteiger partial charge >= 0.3 is 5.97 Å². The Balaban J connectivity index is 2.78. The minimum Gasteiger partial charge on any atom is -0.476 e. The third-order valence-electron chi connectivity index (χ3n) is 1.86. The molecule has 1 aromatic heterocycles. The summed E-state index contributed by atoms with van der Waals surface area (Å²) in [6.07, 6.45) is 3.68. The summed E-state index contributed by atoms with van der Waals surface area (Å²) in [4.78, 5) is 18.3. The molecule has 5 nitrogen and oxygen atoms in total. The van der Waals surface area contributed by atoms with Gasteiger partial charge in [-0.2, -0.15) is 0 Å². The zero-order chi connectivity index (χ0) is 10.6. The number of aromatic carboxylic acids is 1. The Morgan fingerprint density at radius 1 is 1.64 bits per heavy atom. The van der Waals surface area contributed by atoms with Gasteiger partial charge in [0.2, 0.25) is 0 Å². The fourth-order valence-electron chi connectivity index (χ4n) is 0.893. The van der Waals surface area contributed by atoms with Crippen LogP contribution in [0.1, 0.15) is 30.8 Å². The zero-order valence-corrected chi connectivity index (χ0v) is 8.19. The molecule has 0 aliphatic heterocycles. The van der Waals surface area contributed by atoms with E-state index in [1.54, 1.807) is 0 Å². The number of anilines is 1. The Hall–Kier alpha value is -1.65. The number of nitrogens with one attached hydrogen (secondary N) is 1. The third kappa shape index (κ3) is 2.69. The van der Waals surface area contributed by atoms with Gasteiger partial charge in [-0.1, -0.05) is 6.92 Å². The second-order valence-corrected chi connectivity index (χ2v) is 3.05. The number of carboxylic acids is 1. The molecule has 0 aliphatic carbocycles. The van der Waals surface area contributed by atoms with Crippen molar-refractivity contribution in [1.82, 2.24) is 9.97 Å². The molecule has 1 unspecified atom stereocenters. The van der Waals surface area contributed by atoms with Crippen molar-refractivity contribution >= 4 is 11.8 Å². The Morgan fingerprint density at radius 3 is 2.93 bits per heavy atom. The van der Waals surface area contributed by atoms with Crippen molar-refractivity contribution in [3.8, 4) is 0 Å². The maximum atomic E-state index is 10.6. The lowest BCUT2D eigenvalue weighted by Gasteiger charge is -2.11. The third-order valence-corrected chi connectivity index (χ3v) is 1.86. The van der Waals surface area contributed by atoms with Gasteiger partial charge < -0.3 is 10.4 Å². The minimum atomic E-state index is -1.06. The van der Waals surface area contributed by atoms with E-state index in [0.29, 0.717) is 5.82 Å². The Bertz CT molecular complexity index is 328. The molecule has 5 heteroatoms. The predicted octanol–water partition coefficient (Wildman–Crippen LogP) is 1.39. The molecular formula is C9H13N3O2. The van der Waals surface area contributed by atoms with Crippen LogP contribution in [0.3, 0.4) is 0 Å². The molecule has 76 valence electrons. The number of nitrogens with zero attached hydrogens (tertiary/aromatic N) is 2. The van der Waals surface area contributed by atoms with E-state index < -0.39 is 5.97 Å². The first-order valence-corrected chi connectivity index (χ1v) is 4.45. The number of carbonyl (C=O) groups is 1. The second-order valence-electron chi connectivity index (χ2n) is 3.05. The summed E-state index contributed by atoms with van der Waals surface area (Å²) < 4.78 is 0. The maximum Gasteiger partial charge on any atom is 0.356 e. The van der Waals surface area contributed by atoms with Crippen LogP contribution in [-0.2, 0) is 0 Å². The molecule has 0 aliphatic rings. The van der Waals surface area contributed by atoms with Gasteiger partial charge in [0.05, 0.1) is 12.4 Å². The van der Waals surface area contributed by atoms with Crippen LogP contribution >= 0.6 is 0 Å². The first-order valence-electron chi connectivity index (χ1n) is 4.45. The highest BCUT2D eigenvalue weighted by Gasteiger charge is 2.06. The van der Waals surface area contributed by atoms with Gasteiger partial charge in [-0.25, -0.2) is 9.78 Å². The number of aromatic nitrogens is 2. The lowest BCUT2D eigenvalue weighted by Crippen LogP contribution is -2.15. The van der Waals surface area contributed by atoms with Crippen molar-refractivity contribution in [2.24, 2.45) is 0 Å². The van der Waals surface area contributed by atoms with E-state index in [0.717, 1.165) is 6.42 Å². The first kappa shape index (κ1) is 10.4. The van der Waals surface area contributed by atoms with E-state index >= 15 is 0 Å². The Kier molecular flexibility index (Phi) is 3.39. The highest BCUT2D eigenvalue weighted by atomic mass is 16.4. The van der Waals surface area contributed by atoms with Gasteiger partial charge in [-0.3, -0.25) is 4.98 Å². The zero-order valence-electron chi connectivity index (χ0n) is 8.19. The molecule has 0 aromatic carbocycles. The molecule has 14 heavy (non-hydrogen) atoms. The molecular weight excluding hydrogens is 182 g/mol. The van der Waals surface area contributed by atoms with Crippen molar-refractivity contribution in [2.75, 3.05) is 5.32 Å². The average Bonchev–Trinajstić information content (AvgIpc) is 2.18. The van der Waals surface area contributed by atoms with E-state index in [1.807, 2.05) is 13.8 Å². The van der Waals surface area contributed by atoms with E-state index in [9.17, 15) is 4.79 Å². The van der Waals surface area contributed by atoms with Crippen molar-refractivity contribution in [3.05, 3.63) is 18.1 Å². The van der Waals surface area contributed by atoms with Crippen LogP contribution in [0.15, 0.2) is 12.4 Å². The molecule has 1 heterocycles. The standard InChI is InChI=1S/C9H13N3O2/c1-3-6(2)11-8-5-10-4-7(12-8)9(13)14/h4-6H,3H2,1-2H3,(H,11,12)(H,13,14). The fourth-order valence-corrected chi connectivity index (χ4v) is 0.893. The molecule has 0 amide bonds. The van der Waals surface area contributed by atoms with Crippen LogP contribution in [0, 0.1) is 0 Å². The van der Waals surface area contributed by atoms with Crippen molar-refractivity contribution in [3.63, 3.8) is 0 Å². The number of carboxylic acid groups (broad SMARTS) is 1. The molecule has 1 aromatic rings. The summed E-state index contributed by atoms with van der Waals surface area (Å²) in [5.74, 6) is -0.565. The lowest BCUT2D eigenvalue weighted by atomic mass is 10.3. The summed E-state index contributed by atoms with van der Waals surface area (Å²) in [7, 11) is 0. The molecule has 0 spiro atoms. The molecule has 0 saturated carbocycles. The number of hydrogen-bond donors (Lipinski definition) is 2. The van der Waals surface area contributed by atoms with Gasteiger partial charge in [-0.15, -0.1) is 0 Å². The number of rotatable bonds is 4. The average molecular weight is 195 g/mol. The van der Waals surface area contributed by atoms with Crippen LogP contribution in [-0.4, -0.2) is 27.1 Å². The van der Waals surface area contributed by atoms with Gasteiger partial charge in [0.25, 0.3) is 0 Å². The maximum absolute atomic E-state index is 10.6. The Labute approximate surface area is 82.2 Å². The highest BCUT2D eigenvalue weighted by Crippen LogP contribution is 2.05. The van der Waals surface area contributed by atoms with E-state index in [1.165, 1.54) is 12.4 Å². The quantitative estimate of drug-likeness (QED) is 0.759. The second kappa shape index (κ2) is 4.55. The SMILES string of the molecule is CCC(C)Nc1cncc(C(=O)O)n1. The van der Waals surface area contributed by atoms with Crippen LogP contribution in [0.25, 0.3) is 0 Å². The van der Waals surface area contributed by atoms with Crippen LogP contribution < -0.4 is 5.32 Å². The smallest absolute Gasteiger partial charge is 0.356 e. The van der Waals surface area contributed by atoms with Gasteiger partial charge in [0, 0.05) is 6.04 Å². The summed E-state index contributed by atoms with van der Waals surface area (Å²) >= 11 is 0. The Morgan fingerprint density at radius 2 is 2.36 bits per heavy atom. The molecule has 2 N–H and O–H groups in total.